The summed E-state index contributed by atoms with van der Waals surface area (Å²) in [5, 5.41) is 0. The first kappa shape index (κ1) is 12.1. The number of alkyl halides is 3. The number of rotatable bonds is 2. The lowest BCUT2D eigenvalue weighted by Crippen LogP contribution is -2.13. The van der Waals surface area contributed by atoms with Crippen molar-refractivity contribution in [2.75, 3.05) is 0 Å². The minimum atomic E-state index is -4.43. The van der Waals surface area contributed by atoms with E-state index in [2.05, 4.69) is 4.79 Å². The van der Waals surface area contributed by atoms with E-state index in [0.717, 1.165) is 31.2 Å². The molecule has 0 aliphatic carbocycles. The molecular formula is C10H7F3N2O. The van der Waals surface area contributed by atoms with Gasteiger partial charge in [-0.15, -0.1) is 0 Å². The van der Waals surface area contributed by atoms with Crippen molar-refractivity contribution in [1.82, 2.24) is 0 Å². The molecule has 0 aliphatic rings. The SMILES string of the molecule is CC(=O)C(=[N+]=[N-])c1ccc(C(F)(F)F)cc1. The van der Waals surface area contributed by atoms with Crippen molar-refractivity contribution >= 4 is 11.5 Å². The van der Waals surface area contributed by atoms with E-state index in [1.54, 1.807) is 0 Å². The molecular weight excluding hydrogens is 221 g/mol. The Kier molecular flexibility index (Phi) is 3.25. The van der Waals surface area contributed by atoms with Gasteiger partial charge < -0.3 is 5.53 Å². The molecule has 84 valence electrons. The average Bonchev–Trinajstić information content (AvgIpc) is 2.17. The van der Waals surface area contributed by atoms with Crippen LogP contribution in [0, 0.1) is 0 Å². The van der Waals surface area contributed by atoms with Crippen molar-refractivity contribution in [2.45, 2.75) is 13.1 Å². The lowest BCUT2D eigenvalue weighted by Gasteiger charge is -2.05. The van der Waals surface area contributed by atoms with E-state index in [1.807, 2.05) is 0 Å². The van der Waals surface area contributed by atoms with Crippen LogP contribution in [-0.4, -0.2) is 16.3 Å². The van der Waals surface area contributed by atoms with Crippen molar-refractivity contribution in [3.63, 3.8) is 0 Å². The fraction of sp³-hybridized carbons (Fsp3) is 0.200. The third kappa shape index (κ3) is 2.55. The average molecular weight is 228 g/mol. The van der Waals surface area contributed by atoms with Gasteiger partial charge in [-0.1, -0.05) is 0 Å². The van der Waals surface area contributed by atoms with Gasteiger partial charge in [-0.3, -0.25) is 4.79 Å². The van der Waals surface area contributed by atoms with Crippen molar-refractivity contribution in [2.24, 2.45) is 0 Å². The summed E-state index contributed by atoms with van der Waals surface area (Å²) in [7, 11) is 0. The zero-order chi connectivity index (χ0) is 12.3. The van der Waals surface area contributed by atoms with E-state index in [4.69, 9.17) is 5.53 Å². The van der Waals surface area contributed by atoms with Gasteiger partial charge in [0.2, 0.25) is 5.78 Å². The summed E-state index contributed by atoms with van der Waals surface area (Å²) < 4.78 is 36.6. The van der Waals surface area contributed by atoms with Gasteiger partial charge >= 0.3 is 11.9 Å². The number of Topliss-reactive ketones (excluding diaryl/α,β-unsaturated/α-hetero) is 1. The fourth-order valence-corrected chi connectivity index (χ4v) is 1.15. The third-order valence-corrected chi connectivity index (χ3v) is 1.92. The lowest BCUT2D eigenvalue weighted by molar-refractivity contribution is -0.137. The van der Waals surface area contributed by atoms with Crippen molar-refractivity contribution in [3.05, 3.63) is 40.9 Å². The summed E-state index contributed by atoms with van der Waals surface area (Å²) in [6.45, 7) is 1.16. The molecule has 0 spiro atoms. The summed E-state index contributed by atoms with van der Waals surface area (Å²) in [6, 6.07) is 3.81. The van der Waals surface area contributed by atoms with Crippen LogP contribution in [0.5, 0.6) is 0 Å². The summed E-state index contributed by atoms with van der Waals surface area (Å²) in [6.07, 6.45) is -4.43. The summed E-state index contributed by atoms with van der Waals surface area (Å²) in [5.74, 6) is -0.526. The van der Waals surface area contributed by atoms with Gasteiger partial charge in [-0.25, -0.2) is 0 Å². The van der Waals surface area contributed by atoms with Crippen LogP contribution in [-0.2, 0) is 11.0 Å². The molecule has 0 fully saturated rings. The van der Waals surface area contributed by atoms with Crippen molar-refractivity contribution < 1.29 is 22.8 Å². The topological polar surface area (TPSA) is 53.5 Å². The molecule has 0 aliphatic heterocycles. The van der Waals surface area contributed by atoms with Crippen LogP contribution in [0.25, 0.3) is 5.53 Å². The van der Waals surface area contributed by atoms with Gasteiger partial charge in [-0.05, 0) is 24.3 Å². The minimum absolute atomic E-state index is 0.142. The molecule has 1 aromatic carbocycles. The Hall–Kier alpha value is -1.94. The van der Waals surface area contributed by atoms with E-state index in [9.17, 15) is 18.0 Å². The maximum atomic E-state index is 12.2. The van der Waals surface area contributed by atoms with E-state index in [0.29, 0.717) is 0 Å². The second-order valence-electron chi connectivity index (χ2n) is 3.08. The number of ketones is 1. The molecule has 1 rings (SSSR count). The van der Waals surface area contributed by atoms with Crippen LogP contribution < -0.4 is 0 Å². The van der Waals surface area contributed by atoms with Gasteiger partial charge in [-0.2, -0.15) is 18.0 Å². The van der Waals surface area contributed by atoms with Crippen LogP contribution in [0.15, 0.2) is 24.3 Å². The molecule has 1 aromatic rings. The Morgan fingerprint density at radius 1 is 1.25 bits per heavy atom. The van der Waals surface area contributed by atoms with Gasteiger partial charge in [0, 0.05) is 6.92 Å². The lowest BCUT2D eigenvalue weighted by atomic mass is 10.1. The Morgan fingerprint density at radius 2 is 1.75 bits per heavy atom. The molecule has 0 unspecified atom stereocenters. The number of halogens is 3. The molecule has 0 aromatic heterocycles. The number of carbonyl (C=O) groups is 1. The summed E-state index contributed by atoms with van der Waals surface area (Å²) in [5.41, 5.74) is 7.57. The zero-order valence-electron chi connectivity index (χ0n) is 8.25. The van der Waals surface area contributed by atoms with Gasteiger partial charge in [0.1, 0.15) is 0 Å². The maximum absolute atomic E-state index is 12.2. The number of benzene rings is 1. The molecule has 0 atom stereocenters. The highest BCUT2D eigenvalue weighted by atomic mass is 19.4. The zero-order valence-corrected chi connectivity index (χ0v) is 8.25. The minimum Gasteiger partial charge on any atom is -0.361 e. The molecule has 3 nitrogen and oxygen atoms in total. The first-order chi connectivity index (χ1) is 7.36. The smallest absolute Gasteiger partial charge is 0.361 e. The maximum Gasteiger partial charge on any atom is 0.416 e. The molecule has 0 saturated heterocycles. The van der Waals surface area contributed by atoms with E-state index >= 15 is 0 Å². The number of hydrogen-bond acceptors (Lipinski definition) is 1. The highest BCUT2D eigenvalue weighted by molar-refractivity contribution is 6.43. The predicted molar refractivity (Wildman–Crippen MR) is 49.9 cm³/mol. The van der Waals surface area contributed by atoms with E-state index in [-0.39, 0.29) is 11.3 Å². The van der Waals surface area contributed by atoms with Crippen LogP contribution in [0.2, 0.25) is 0 Å². The molecule has 0 N–H and O–H groups in total. The van der Waals surface area contributed by atoms with Crippen LogP contribution in [0.3, 0.4) is 0 Å². The molecule has 0 amide bonds. The molecule has 0 bridgehead atoms. The van der Waals surface area contributed by atoms with Gasteiger partial charge in [0.25, 0.3) is 0 Å². The number of hydrogen-bond donors (Lipinski definition) is 0. The van der Waals surface area contributed by atoms with Crippen LogP contribution in [0.4, 0.5) is 13.2 Å². The van der Waals surface area contributed by atoms with Crippen molar-refractivity contribution in [3.8, 4) is 0 Å². The Labute approximate surface area is 89.1 Å². The molecule has 0 radical (unpaired) electrons. The Balaban J connectivity index is 3.14. The van der Waals surface area contributed by atoms with E-state index in [1.165, 1.54) is 0 Å². The fourth-order valence-electron chi connectivity index (χ4n) is 1.15. The predicted octanol–water partition coefficient (Wildman–Crippen LogP) is 2.31. The van der Waals surface area contributed by atoms with Gasteiger partial charge in [0.05, 0.1) is 11.1 Å². The van der Waals surface area contributed by atoms with E-state index < -0.39 is 17.5 Å². The van der Waals surface area contributed by atoms with Gasteiger partial charge in [0.15, 0.2) is 0 Å². The van der Waals surface area contributed by atoms with Crippen LogP contribution in [0.1, 0.15) is 18.1 Å². The first-order valence-corrected chi connectivity index (χ1v) is 4.27. The summed E-state index contributed by atoms with van der Waals surface area (Å²) >= 11 is 0. The third-order valence-electron chi connectivity index (χ3n) is 1.92. The second-order valence-corrected chi connectivity index (χ2v) is 3.08. The summed E-state index contributed by atoms with van der Waals surface area (Å²) in [4.78, 5) is 13.7. The highest BCUT2D eigenvalue weighted by Crippen LogP contribution is 2.29. The highest BCUT2D eigenvalue weighted by Gasteiger charge is 2.30. The standard InChI is InChI=1S/C10H7F3N2O/c1-6(16)9(15-14)7-2-4-8(5-3-7)10(11,12)13/h2-5H,1H3. The monoisotopic (exact) mass is 228 g/mol. The molecule has 16 heavy (non-hydrogen) atoms. The molecule has 6 heteroatoms. The first-order valence-electron chi connectivity index (χ1n) is 4.27. The number of carbonyl (C=O) groups excluding carboxylic acids is 1. The van der Waals surface area contributed by atoms with Crippen LogP contribution >= 0.6 is 0 Å². The number of nitrogens with zero attached hydrogens (tertiary/aromatic N) is 2. The Bertz CT molecular complexity index is 456. The largest absolute Gasteiger partial charge is 0.416 e. The second kappa shape index (κ2) is 4.28. The quantitative estimate of drug-likeness (QED) is 0.435. The normalized spacial score (nSPS) is 10.8. The Morgan fingerprint density at radius 3 is 2.06 bits per heavy atom. The molecule has 0 heterocycles. The van der Waals surface area contributed by atoms with Crippen molar-refractivity contribution in [1.29, 1.82) is 0 Å². The molecule has 0 saturated carbocycles.